The van der Waals surface area contributed by atoms with E-state index in [2.05, 4.69) is 5.32 Å². The van der Waals surface area contributed by atoms with Crippen molar-refractivity contribution in [1.29, 1.82) is 0 Å². The Morgan fingerprint density at radius 3 is 2.55 bits per heavy atom. The topological polar surface area (TPSA) is 66.4 Å². The highest BCUT2D eigenvalue weighted by molar-refractivity contribution is 5.89. The second-order valence-corrected chi connectivity index (χ2v) is 4.45. The number of amides is 1. The minimum absolute atomic E-state index is 0.0981. The maximum Gasteiger partial charge on any atom is 0.335 e. The molecule has 0 aliphatic carbocycles. The van der Waals surface area contributed by atoms with Crippen LogP contribution in [0.15, 0.2) is 48.5 Å². The van der Waals surface area contributed by atoms with Crippen LogP contribution in [-0.2, 0) is 11.3 Å². The monoisotopic (exact) mass is 269 g/mol. The first-order valence-corrected chi connectivity index (χ1v) is 6.24. The second kappa shape index (κ2) is 6.02. The standard InChI is InChI=1S/C16H15NO3/c1-11(18)17-10-14-5-2-3-8-15(14)12-6-4-7-13(9-12)16(19)20/h2-9H,10H2,1H3,(H,17,18)(H,19,20). The van der Waals surface area contributed by atoms with Crippen molar-refractivity contribution in [3.05, 3.63) is 59.7 Å². The van der Waals surface area contributed by atoms with Crippen LogP contribution in [0, 0.1) is 0 Å². The molecule has 0 aliphatic heterocycles. The molecular weight excluding hydrogens is 254 g/mol. The minimum atomic E-state index is -0.953. The summed E-state index contributed by atoms with van der Waals surface area (Å²) in [5.74, 6) is -1.05. The van der Waals surface area contributed by atoms with Gasteiger partial charge >= 0.3 is 5.97 Å². The fraction of sp³-hybridized carbons (Fsp3) is 0.125. The molecule has 2 rings (SSSR count). The smallest absolute Gasteiger partial charge is 0.335 e. The number of carboxylic acids is 1. The van der Waals surface area contributed by atoms with Crippen LogP contribution in [0.4, 0.5) is 0 Å². The van der Waals surface area contributed by atoms with Gasteiger partial charge in [-0.05, 0) is 28.8 Å². The Kier molecular flexibility index (Phi) is 4.15. The summed E-state index contributed by atoms with van der Waals surface area (Å²) in [6.45, 7) is 1.89. The molecule has 0 atom stereocenters. The molecule has 4 nitrogen and oxygen atoms in total. The fourth-order valence-electron chi connectivity index (χ4n) is 2.00. The van der Waals surface area contributed by atoms with E-state index < -0.39 is 5.97 Å². The second-order valence-electron chi connectivity index (χ2n) is 4.45. The van der Waals surface area contributed by atoms with E-state index in [1.165, 1.54) is 6.92 Å². The van der Waals surface area contributed by atoms with E-state index in [0.29, 0.717) is 6.54 Å². The lowest BCUT2D eigenvalue weighted by Crippen LogP contribution is -2.19. The van der Waals surface area contributed by atoms with Gasteiger partial charge in [-0.2, -0.15) is 0 Å². The molecule has 0 saturated heterocycles. The van der Waals surface area contributed by atoms with Crippen molar-refractivity contribution in [2.24, 2.45) is 0 Å². The molecular formula is C16H15NO3. The van der Waals surface area contributed by atoms with Crippen LogP contribution in [0.5, 0.6) is 0 Å². The molecule has 0 aliphatic rings. The summed E-state index contributed by atoms with van der Waals surface area (Å²) in [5, 5.41) is 11.8. The summed E-state index contributed by atoms with van der Waals surface area (Å²) in [5.41, 5.74) is 2.94. The maximum absolute atomic E-state index is 11.0. The molecule has 4 heteroatoms. The van der Waals surface area contributed by atoms with Gasteiger partial charge in [0.25, 0.3) is 0 Å². The molecule has 0 fully saturated rings. The van der Waals surface area contributed by atoms with Crippen molar-refractivity contribution >= 4 is 11.9 Å². The van der Waals surface area contributed by atoms with Gasteiger partial charge in [0.1, 0.15) is 0 Å². The molecule has 2 aromatic carbocycles. The number of carbonyl (C=O) groups is 2. The Balaban J connectivity index is 2.39. The molecule has 1 amide bonds. The summed E-state index contributed by atoms with van der Waals surface area (Å²) in [6.07, 6.45) is 0. The Morgan fingerprint density at radius 1 is 1.10 bits per heavy atom. The van der Waals surface area contributed by atoms with Gasteiger partial charge in [0, 0.05) is 13.5 Å². The van der Waals surface area contributed by atoms with Crippen LogP contribution in [0.2, 0.25) is 0 Å². The van der Waals surface area contributed by atoms with E-state index in [1.54, 1.807) is 18.2 Å². The Bertz CT molecular complexity index is 650. The summed E-state index contributed by atoms with van der Waals surface area (Å²) >= 11 is 0. The molecule has 2 aromatic rings. The van der Waals surface area contributed by atoms with Gasteiger partial charge < -0.3 is 10.4 Å². The van der Waals surface area contributed by atoms with E-state index in [9.17, 15) is 9.59 Å². The summed E-state index contributed by atoms with van der Waals surface area (Å²) in [7, 11) is 0. The highest BCUT2D eigenvalue weighted by atomic mass is 16.4. The number of carbonyl (C=O) groups excluding carboxylic acids is 1. The summed E-state index contributed by atoms with van der Waals surface area (Å²) < 4.78 is 0. The van der Waals surface area contributed by atoms with Crippen molar-refractivity contribution in [1.82, 2.24) is 5.32 Å². The van der Waals surface area contributed by atoms with Crippen LogP contribution in [0.25, 0.3) is 11.1 Å². The highest BCUT2D eigenvalue weighted by Crippen LogP contribution is 2.24. The van der Waals surface area contributed by atoms with Crippen LogP contribution in [0.1, 0.15) is 22.8 Å². The molecule has 2 N–H and O–H groups in total. The number of hydrogen-bond donors (Lipinski definition) is 2. The van der Waals surface area contributed by atoms with Crippen LogP contribution >= 0.6 is 0 Å². The van der Waals surface area contributed by atoms with Gasteiger partial charge in [0.2, 0.25) is 5.91 Å². The molecule has 0 bridgehead atoms. The van der Waals surface area contributed by atoms with Gasteiger partial charge in [-0.3, -0.25) is 4.79 Å². The largest absolute Gasteiger partial charge is 0.478 e. The third-order valence-corrected chi connectivity index (χ3v) is 2.97. The molecule has 0 saturated carbocycles. The number of benzene rings is 2. The first-order chi connectivity index (χ1) is 9.58. The fourth-order valence-corrected chi connectivity index (χ4v) is 2.00. The van der Waals surface area contributed by atoms with Gasteiger partial charge in [0.15, 0.2) is 0 Å². The van der Waals surface area contributed by atoms with Crippen molar-refractivity contribution in [3.63, 3.8) is 0 Å². The SMILES string of the molecule is CC(=O)NCc1ccccc1-c1cccc(C(=O)O)c1. The summed E-state index contributed by atoms with van der Waals surface area (Å²) in [6, 6.07) is 14.4. The minimum Gasteiger partial charge on any atom is -0.478 e. The zero-order valence-corrected chi connectivity index (χ0v) is 11.1. The first-order valence-electron chi connectivity index (χ1n) is 6.24. The van der Waals surface area contributed by atoms with E-state index in [-0.39, 0.29) is 11.5 Å². The van der Waals surface area contributed by atoms with Crippen molar-refractivity contribution < 1.29 is 14.7 Å². The molecule has 0 radical (unpaired) electrons. The van der Waals surface area contributed by atoms with Crippen LogP contribution in [-0.4, -0.2) is 17.0 Å². The van der Waals surface area contributed by atoms with Gasteiger partial charge in [-0.1, -0.05) is 36.4 Å². The van der Waals surface area contributed by atoms with Crippen molar-refractivity contribution in [2.75, 3.05) is 0 Å². The van der Waals surface area contributed by atoms with E-state index in [4.69, 9.17) is 5.11 Å². The highest BCUT2D eigenvalue weighted by Gasteiger charge is 2.08. The molecule has 0 unspecified atom stereocenters. The number of aromatic carboxylic acids is 1. The lowest BCUT2D eigenvalue weighted by atomic mass is 9.98. The van der Waals surface area contributed by atoms with Crippen molar-refractivity contribution in [2.45, 2.75) is 13.5 Å². The first kappa shape index (κ1) is 13.8. The molecule has 0 heterocycles. The molecule has 102 valence electrons. The molecule has 20 heavy (non-hydrogen) atoms. The van der Waals surface area contributed by atoms with Crippen LogP contribution < -0.4 is 5.32 Å². The average Bonchev–Trinajstić information content (AvgIpc) is 2.45. The van der Waals surface area contributed by atoms with E-state index >= 15 is 0 Å². The zero-order valence-electron chi connectivity index (χ0n) is 11.1. The maximum atomic E-state index is 11.0. The van der Waals surface area contributed by atoms with Gasteiger partial charge in [0.05, 0.1) is 5.56 Å². The zero-order chi connectivity index (χ0) is 14.5. The van der Waals surface area contributed by atoms with E-state index in [1.807, 2.05) is 30.3 Å². The lowest BCUT2D eigenvalue weighted by molar-refractivity contribution is -0.119. The van der Waals surface area contributed by atoms with Crippen molar-refractivity contribution in [3.8, 4) is 11.1 Å². The van der Waals surface area contributed by atoms with Gasteiger partial charge in [-0.25, -0.2) is 4.79 Å². The number of carboxylic acid groups (broad SMARTS) is 1. The molecule has 0 spiro atoms. The van der Waals surface area contributed by atoms with Gasteiger partial charge in [-0.15, -0.1) is 0 Å². The third kappa shape index (κ3) is 3.23. The van der Waals surface area contributed by atoms with E-state index in [0.717, 1.165) is 16.7 Å². The average molecular weight is 269 g/mol. The predicted octanol–water partition coefficient (Wildman–Crippen LogP) is 2.69. The number of nitrogens with one attached hydrogen (secondary N) is 1. The Hall–Kier alpha value is -2.62. The Morgan fingerprint density at radius 2 is 1.85 bits per heavy atom. The third-order valence-electron chi connectivity index (χ3n) is 2.97. The Labute approximate surface area is 117 Å². The number of hydrogen-bond acceptors (Lipinski definition) is 2. The summed E-state index contributed by atoms with van der Waals surface area (Å²) in [4.78, 5) is 22.0. The molecule has 0 aromatic heterocycles. The quantitative estimate of drug-likeness (QED) is 0.896. The lowest BCUT2D eigenvalue weighted by Gasteiger charge is -2.10. The predicted molar refractivity (Wildman–Crippen MR) is 76.4 cm³/mol. The van der Waals surface area contributed by atoms with Crippen LogP contribution in [0.3, 0.4) is 0 Å². The number of rotatable bonds is 4. The normalized spacial score (nSPS) is 10.1.